The summed E-state index contributed by atoms with van der Waals surface area (Å²) in [4.78, 5) is 21.7. The summed E-state index contributed by atoms with van der Waals surface area (Å²) in [7, 11) is 0. The van der Waals surface area contributed by atoms with Gasteiger partial charge in [-0.3, -0.25) is 14.9 Å². The molecule has 108 valence electrons. The first-order valence-corrected chi connectivity index (χ1v) is 5.83. The van der Waals surface area contributed by atoms with Crippen molar-refractivity contribution in [3.8, 4) is 5.75 Å². The largest absolute Gasteiger partial charge is 0.485 e. The van der Waals surface area contributed by atoms with Crippen LogP contribution in [0.25, 0.3) is 0 Å². The molecular formula is C14H9F2NO4. The fraction of sp³-hybridized carbons (Fsp3) is 0.0714. The molecule has 2 aromatic rings. The number of Topliss-reactive ketones (excluding diaryl/α,β-unsaturated/α-hetero) is 1. The average Bonchev–Trinajstić information content (AvgIpc) is 2.47. The third kappa shape index (κ3) is 3.59. The minimum atomic E-state index is -0.857. The van der Waals surface area contributed by atoms with Crippen LogP contribution < -0.4 is 4.74 Å². The van der Waals surface area contributed by atoms with Gasteiger partial charge in [-0.15, -0.1) is 0 Å². The van der Waals surface area contributed by atoms with Gasteiger partial charge in [0.2, 0.25) is 5.78 Å². The first kappa shape index (κ1) is 14.6. The van der Waals surface area contributed by atoms with Crippen LogP contribution in [0.2, 0.25) is 0 Å². The van der Waals surface area contributed by atoms with E-state index < -0.39 is 34.5 Å². The summed E-state index contributed by atoms with van der Waals surface area (Å²) in [6.07, 6.45) is 0. The maximum Gasteiger partial charge on any atom is 0.273 e. The van der Waals surface area contributed by atoms with E-state index in [-0.39, 0.29) is 11.4 Å². The van der Waals surface area contributed by atoms with Gasteiger partial charge >= 0.3 is 0 Å². The number of rotatable bonds is 5. The van der Waals surface area contributed by atoms with Gasteiger partial charge in [0, 0.05) is 6.07 Å². The summed E-state index contributed by atoms with van der Waals surface area (Å²) in [6, 6.07) is 7.72. The van der Waals surface area contributed by atoms with Gasteiger partial charge in [-0.25, -0.2) is 8.78 Å². The Morgan fingerprint density at radius 2 is 1.95 bits per heavy atom. The summed E-state index contributed by atoms with van der Waals surface area (Å²) < 4.78 is 31.4. The van der Waals surface area contributed by atoms with Gasteiger partial charge < -0.3 is 4.74 Å². The van der Waals surface area contributed by atoms with Crippen LogP contribution in [-0.4, -0.2) is 17.3 Å². The molecule has 0 N–H and O–H groups in total. The van der Waals surface area contributed by atoms with E-state index in [0.29, 0.717) is 0 Å². The molecule has 0 heterocycles. The van der Waals surface area contributed by atoms with Crippen LogP contribution in [0.15, 0.2) is 42.5 Å². The Kier molecular flexibility index (Phi) is 4.22. The molecule has 0 spiro atoms. The lowest BCUT2D eigenvalue weighted by Gasteiger charge is -2.06. The van der Waals surface area contributed by atoms with Crippen molar-refractivity contribution in [3.05, 3.63) is 69.8 Å². The summed E-state index contributed by atoms with van der Waals surface area (Å²) in [5, 5.41) is 10.6. The molecule has 0 aromatic heterocycles. The molecule has 0 fully saturated rings. The van der Waals surface area contributed by atoms with Gasteiger partial charge in [0.05, 0.1) is 16.6 Å². The second-order valence-electron chi connectivity index (χ2n) is 4.09. The number of halogens is 2. The summed E-state index contributed by atoms with van der Waals surface area (Å²) >= 11 is 0. The van der Waals surface area contributed by atoms with E-state index in [0.717, 1.165) is 24.3 Å². The molecule has 0 aliphatic carbocycles. The Balaban J connectivity index is 2.09. The number of benzene rings is 2. The molecule has 0 atom stereocenters. The predicted molar refractivity (Wildman–Crippen MR) is 69.3 cm³/mol. The molecule has 0 bridgehead atoms. The second-order valence-corrected chi connectivity index (χ2v) is 4.09. The van der Waals surface area contributed by atoms with Crippen molar-refractivity contribution in [1.29, 1.82) is 0 Å². The normalized spacial score (nSPS) is 10.2. The summed E-state index contributed by atoms with van der Waals surface area (Å²) in [6.45, 7) is -0.554. The van der Waals surface area contributed by atoms with Crippen molar-refractivity contribution in [1.82, 2.24) is 0 Å². The molecule has 21 heavy (non-hydrogen) atoms. The van der Waals surface area contributed by atoms with E-state index in [1.54, 1.807) is 0 Å². The highest BCUT2D eigenvalue weighted by molar-refractivity contribution is 5.97. The molecule has 2 aromatic carbocycles. The van der Waals surface area contributed by atoms with Crippen molar-refractivity contribution >= 4 is 11.5 Å². The zero-order chi connectivity index (χ0) is 15.4. The molecule has 2 rings (SSSR count). The Morgan fingerprint density at radius 3 is 2.67 bits per heavy atom. The van der Waals surface area contributed by atoms with Crippen LogP contribution in [0.4, 0.5) is 14.5 Å². The van der Waals surface area contributed by atoms with E-state index in [9.17, 15) is 23.7 Å². The fourth-order valence-electron chi connectivity index (χ4n) is 1.62. The maximum absolute atomic E-state index is 13.4. The van der Waals surface area contributed by atoms with E-state index in [2.05, 4.69) is 0 Å². The highest BCUT2D eigenvalue weighted by Crippen LogP contribution is 2.19. The Hall–Kier alpha value is -2.83. The number of nitro groups is 1. The van der Waals surface area contributed by atoms with Gasteiger partial charge in [-0.2, -0.15) is 0 Å². The zero-order valence-electron chi connectivity index (χ0n) is 10.6. The number of carbonyl (C=O) groups excluding carboxylic acids is 1. The second kappa shape index (κ2) is 6.08. The molecule has 0 radical (unpaired) electrons. The number of nitrogens with zero attached hydrogens (tertiary/aromatic N) is 1. The number of non-ortho nitro benzene ring substituents is 1. The lowest BCUT2D eigenvalue weighted by Crippen LogP contribution is -2.13. The molecule has 5 nitrogen and oxygen atoms in total. The van der Waals surface area contributed by atoms with E-state index in [1.807, 2.05) is 0 Å². The van der Waals surface area contributed by atoms with Crippen LogP contribution in [0.1, 0.15) is 10.4 Å². The van der Waals surface area contributed by atoms with Crippen LogP contribution in [0.5, 0.6) is 5.75 Å². The molecule has 7 heteroatoms. The van der Waals surface area contributed by atoms with Crippen molar-refractivity contribution in [2.24, 2.45) is 0 Å². The molecule has 0 unspecified atom stereocenters. The monoisotopic (exact) mass is 293 g/mol. The topological polar surface area (TPSA) is 69.4 Å². The average molecular weight is 293 g/mol. The highest BCUT2D eigenvalue weighted by atomic mass is 19.1. The van der Waals surface area contributed by atoms with Crippen LogP contribution in [-0.2, 0) is 0 Å². The van der Waals surface area contributed by atoms with E-state index in [1.165, 1.54) is 18.2 Å². The third-order valence-electron chi connectivity index (χ3n) is 2.63. The minimum absolute atomic E-state index is 0.0920. The van der Waals surface area contributed by atoms with E-state index >= 15 is 0 Å². The van der Waals surface area contributed by atoms with Gasteiger partial charge in [-0.1, -0.05) is 6.07 Å². The molecular weight excluding hydrogens is 284 g/mol. The van der Waals surface area contributed by atoms with Gasteiger partial charge in [0.25, 0.3) is 5.69 Å². The Morgan fingerprint density at radius 1 is 1.19 bits per heavy atom. The van der Waals surface area contributed by atoms with Crippen LogP contribution >= 0.6 is 0 Å². The van der Waals surface area contributed by atoms with E-state index in [4.69, 9.17) is 4.74 Å². The lowest BCUT2D eigenvalue weighted by molar-refractivity contribution is -0.384. The lowest BCUT2D eigenvalue weighted by atomic mass is 10.1. The van der Waals surface area contributed by atoms with Crippen molar-refractivity contribution in [2.75, 3.05) is 6.61 Å². The highest BCUT2D eigenvalue weighted by Gasteiger charge is 2.14. The molecule has 0 saturated carbocycles. The van der Waals surface area contributed by atoms with Crippen LogP contribution in [0, 0.1) is 21.7 Å². The zero-order valence-corrected chi connectivity index (χ0v) is 10.6. The van der Waals surface area contributed by atoms with Crippen molar-refractivity contribution in [3.63, 3.8) is 0 Å². The maximum atomic E-state index is 13.4. The number of ketones is 1. The molecule has 0 amide bonds. The fourth-order valence-corrected chi connectivity index (χ4v) is 1.62. The molecule has 0 aliphatic rings. The summed E-state index contributed by atoms with van der Waals surface area (Å²) in [5.74, 6) is -2.27. The van der Waals surface area contributed by atoms with Crippen molar-refractivity contribution < 1.29 is 23.2 Å². The Bertz CT molecular complexity index is 703. The number of nitro benzene ring substituents is 1. The Labute approximate surface area is 117 Å². The summed E-state index contributed by atoms with van der Waals surface area (Å²) in [5.41, 5.74) is -0.627. The first-order valence-electron chi connectivity index (χ1n) is 5.83. The number of carbonyl (C=O) groups is 1. The van der Waals surface area contributed by atoms with Gasteiger partial charge in [-0.05, 0) is 24.3 Å². The molecule has 0 saturated heterocycles. The standard InChI is InChI=1S/C14H9F2NO4/c15-9-4-5-13(16)12(6-9)14(18)8-21-11-3-1-2-10(7-11)17(19)20/h1-7H,8H2. The van der Waals surface area contributed by atoms with Crippen LogP contribution in [0.3, 0.4) is 0 Å². The minimum Gasteiger partial charge on any atom is -0.485 e. The number of ether oxygens (including phenoxy) is 1. The molecule has 0 aliphatic heterocycles. The predicted octanol–water partition coefficient (Wildman–Crippen LogP) is 3.13. The van der Waals surface area contributed by atoms with Crippen molar-refractivity contribution in [2.45, 2.75) is 0 Å². The SMILES string of the molecule is O=C(COc1cccc([N+](=O)[O-])c1)c1cc(F)ccc1F. The third-order valence-corrected chi connectivity index (χ3v) is 2.63. The first-order chi connectivity index (χ1) is 9.97. The van der Waals surface area contributed by atoms with Gasteiger partial charge in [0.1, 0.15) is 17.4 Å². The number of hydrogen-bond acceptors (Lipinski definition) is 4. The van der Waals surface area contributed by atoms with Gasteiger partial charge in [0.15, 0.2) is 6.61 Å². The smallest absolute Gasteiger partial charge is 0.273 e. The quantitative estimate of drug-likeness (QED) is 0.482. The number of hydrogen-bond donors (Lipinski definition) is 0.